The van der Waals surface area contributed by atoms with Crippen molar-refractivity contribution in [2.45, 2.75) is 6.54 Å². The molecular formula is C19H16ClN3O2. The Balaban J connectivity index is 1.58. The van der Waals surface area contributed by atoms with Crippen LogP contribution in [0.3, 0.4) is 0 Å². The molecule has 0 spiro atoms. The van der Waals surface area contributed by atoms with Gasteiger partial charge >= 0.3 is 6.03 Å². The molecule has 126 valence electrons. The van der Waals surface area contributed by atoms with Gasteiger partial charge in [0.2, 0.25) is 0 Å². The molecule has 5 nitrogen and oxygen atoms in total. The number of carbonyl (C=O) groups excluding carboxylic acids is 1. The molecule has 2 heterocycles. The second-order valence-electron chi connectivity index (χ2n) is 5.86. The fraction of sp³-hybridized carbons (Fsp3) is 0.158. The lowest BCUT2D eigenvalue weighted by molar-refractivity contribution is 0.200. The topological polar surface area (TPSA) is 54.5 Å². The number of nitrogens with one attached hydrogen (secondary N) is 1. The van der Waals surface area contributed by atoms with Crippen LogP contribution in [-0.4, -0.2) is 29.1 Å². The number of benzene rings is 2. The van der Waals surface area contributed by atoms with Gasteiger partial charge in [0.1, 0.15) is 12.4 Å². The molecule has 0 aliphatic carbocycles. The molecule has 1 aliphatic rings. The smallest absolute Gasteiger partial charge is 0.322 e. The van der Waals surface area contributed by atoms with Crippen LogP contribution in [0.2, 0.25) is 5.02 Å². The number of rotatable bonds is 1. The fourth-order valence-electron chi connectivity index (χ4n) is 2.95. The minimum atomic E-state index is -0.186. The molecule has 0 bridgehead atoms. The van der Waals surface area contributed by atoms with Crippen molar-refractivity contribution in [1.82, 2.24) is 9.88 Å². The zero-order chi connectivity index (χ0) is 17.2. The van der Waals surface area contributed by atoms with Gasteiger partial charge in [-0.1, -0.05) is 35.9 Å². The van der Waals surface area contributed by atoms with E-state index in [1.165, 1.54) is 0 Å². The highest BCUT2D eigenvalue weighted by Gasteiger charge is 2.20. The van der Waals surface area contributed by atoms with Crippen molar-refractivity contribution in [3.05, 3.63) is 65.4 Å². The van der Waals surface area contributed by atoms with E-state index in [1.54, 1.807) is 23.4 Å². The molecule has 1 aliphatic heterocycles. The molecule has 0 atom stereocenters. The molecule has 0 saturated carbocycles. The third-order valence-electron chi connectivity index (χ3n) is 4.20. The molecule has 4 rings (SSSR count). The number of halogens is 1. The maximum Gasteiger partial charge on any atom is 0.322 e. The zero-order valence-corrected chi connectivity index (χ0v) is 14.2. The Hall–Kier alpha value is -2.79. The molecule has 2 amide bonds. The zero-order valence-electron chi connectivity index (χ0n) is 13.4. The number of urea groups is 1. The Morgan fingerprint density at radius 3 is 3.00 bits per heavy atom. The Bertz CT molecular complexity index is 940. The highest BCUT2D eigenvalue weighted by molar-refractivity contribution is 6.30. The van der Waals surface area contributed by atoms with Gasteiger partial charge in [0, 0.05) is 27.6 Å². The van der Waals surface area contributed by atoms with E-state index in [0.717, 1.165) is 22.1 Å². The van der Waals surface area contributed by atoms with Crippen molar-refractivity contribution >= 4 is 34.1 Å². The van der Waals surface area contributed by atoms with Crippen molar-refractivity contribution in [1.29, 1.82) is 0 Å². The summed E-state index contributed by atoms with van der Waals surface area (Å²) in [5.41, 5.74) is 1.59. The molecule has 1 N–H and O–H groups in total. The number of pyridine rings is 1. The van der Waals surface area contributed by atoms with Gasteiger partial charge in [-0.05, 0) is 18.2 Å². The van der Waals surface area contributed by atoms with Crippen LogP contribution in [0.25, 0.3) is 10.8 Å². The van der Waals surface area contributed by atoms with Crippen LogP contribution in [0.1, 0.15) is 5.56 Å². The second-order valence-corrected chi connectivity index (χ2v) is 6.30. The second kappa shape index (κ2) is 6.61. The minimum absolute atomic E-state index is 0.186. The van der Waals surface area contributed by atoms with E-state index >= 15 is 0 Å². The molecule has 0 radical (unpaired) electrons. The molecule has 0 unspecified atom stereocenters. The molecule has 6 heteroatoms. The lowest BCUT2D eigenvalue weighted by Gasteiger charge is -2.21. The summed E-state index contributed by atoms with van der Waals surface area (Å²) < 4.78 is 5.71. The van der Waals surface area contributed by atoms with E-state index in [2.05, 4.69) is 10.3 Å². The SMILES string of the molecule is O=C(Nc1cncc2ccccc12)N1CCOc2ccc(Cl)cc2C1. The Morgan fingerprint density at radius 2 is 2.08 bits per heavy atom. The average Bonchev–Trinajstić information content (AvgIpc) is 2.84. The summed E-state index contributed by atoms with van der Waals surface area (Å²) in [6.45, 7) is 1.38. The number of ether oxygens (including phenoxy) is 1. The van der Waals surface area contributed by atoms with Crippen molar-refractivity contribution in [2.24, 2.45) is 0 Å². The Labute approximate surface area is 150 Å². The maximum atomic E-state index is 12.8. The molecular weight excluding hydrogens is 338 g/mol. The highest BCUT2D eigenvalue weighted by atomic mass is 35.5. The van der Waals surface area contributed by atoms with Crippen LogP contribution < -0.4 is 10.1 Å². The summed E-state index contributed by atoms with van der Waals surface area (Å²) in [7, 11) is 0. The average molecular weight is 354 g/mol. The lowest BCUT2D eigenvalue weighted by atomic mass is 10.1. The van der Waals surface area contributed by atoms with Crippen molar-refractivity contribution in [2.75, 3.05) is 18.5 Å². The van der Waals surface area contributed by atoms with Crippen LogP contribution in [-0.2, 0) is 6.54 Å². The fourth-order valence-corrected chi connectivity index (χ4v) is 3.14. The third-order valence-corrected chi connectivity index (χ3v) is 4.43. The summed E-state index contributed by atoms with van der Waals surface area (Å²) in [6.07, 6.45) is 3.45. The first-order valence-electron chi connectivity index (χ1n) is 8.00. The number of hydrogen-bond donors (Lipinski definition) is 1. The van der Waals surface area contributed by atoms with E-state index in [-0.39, 0.29) is 6.03 Å². The number of amides is 2. The van der Waals surface area contributed by atoms with Crippen LogP contribution in [0.5, 0.6) is 5.75 Å². The molecule has 25 heavy (non-hydrogen) atoms. The first-order chi connectivity index (χ1) is 12.2. The first-order valence-corrected chi connectivity index (χ1v) is 8.38. The summed E-state index contributed by atoms with van der Waals surface area (Å²) in [4.78, 5) is 18.7. The third kappa shape index (κ3) is 3.23. The van der Waals surface area contributed by atoms with Gasteiger partial charge in [-0.25, -0.2) is 4.79 Å². The monoisotopic (exact) mass is 353 g/mol. The molecule has 3 aromatic rings. The molecule has 0 saturated heterocycles. The first kappa shape index (κ1) is 15.7. The summed E-state index contributed by atoms with van der Waals surface area (Å²) in [5.74, 6) is 0.770. The number of fused-ring (bicyclic) bond motifs is 2. The van der Waals surface area contributed by atoms with E-state index < -0.39 is 0 Å². The van der Waals surface area contributed by atoms with Crippen molar-refractivity contribution in [3.63, 3.8) is 0 Å². The van der Waals surface area contributed by atoms with Gasteiger partial charge in [0.05, 0.1) is 25.0 Å². The van der Waals surface area contributed by atoms with E-state index in [4.69, 9.17) is 16.3 Å². The van der Waals surface area contributed by atoms with Gasteiger partial charge in [-0.15, -0.1) is 0 Å². The molecule has 1 aromatic heterocycles. The van der Waals surface area contributed by atoms with E-state index in [9.17, 15) is 4.79 Å². The molecule has 2 aromatic carbocycles. The predicted octanol–water partition coefficient (Wildman–Crippen LogP) is 4.31. The standard InChI is InChI=1S/C19H16ClN3O2/c20-15-5-6-18-14(9-15)12-23(7-8-25-18)19(24)22-17-11-21-10-13-3-1-2-4-16(13)17/h1-6,9-11H,7-8,12H2,(H,22,24). The molecule has 0 fully saturated rings. The highest BCUT2D eigenvalue weighted by Crippen LogP contribution is 2.27. The Morgan fingerprint density at radius 1 is 1.20 bits per heavy atom. The number of hydrogen-bond acceptors (Lipinski definition) is 3. The summed E-state index contributed by atoms with van der Waals surface area (Å²) >= 11 is 6.07. The van der Waals surface area contributed by atoms with Gasteiger partial charge in [0.25, 0.3) is 0 Å². The van der Waals surface area contributed by atoms with Gasteiger partial charge in [-0.3, -0.25) is 4.98 Å². The van der Waals surface area contributed by atoms with Gasteiger partial charge in [-0.2, -0.15) is 0 Å². The summed E-state index contributed by atoms with van der Waals surface area (Å²) in [6, 6.07) is 13.1. The quantitative estimate of drug-likeness (QED) is 0.709. The van der Waals surface area contributed by atoms with E-state index in [0.29, 0.717) is 30.4 Å². The number of nitrogens with zero attached hydrogens (tertiary/aromatic N) is 2. The van der Waals surface area contributed by atoms with Gasteiger partial charge < -0.3 is 15.0 Å². The minimum Gasteiger partial charge on any atom is -0.491 e. The van der Waals surface area contributed by atoms with Crippen LogP contribution in [0, 0.1) is 0 Å². The summed E-state index contributed by atoms with van der Waals surface area (Å²) in [5, 5.41) is 5.53. The number of aromatic nitrogens is 1. The van der Waals surface area contributed by atoms with Crippen LogP contribution in [0.4, 0.5) is 10.5 Å². The van der Waals surface area contributed by atoms with Crippen LogP contribution in [0.15, 0.2) is 54.9 Å². The lowest BCUT2D eigenvalue weighted by Crippen LogP contribution is -2.36. The largest absolute Gasteiger partial charge is 0.491 e. The van der Waals surface area contributed by atoms with Gasteiger partial charge in [0.15, 0.2) is 0 Å². The normalized spacial score (nSPS) is 13.7. The predicted molar refractivity (Wildman–Crippen MR) is 98.1 cm³/mol. The Kier molecular flexibility index (Phi) is 4.15. The number of carbonyl (C=O) groups is 1. The van der Waals surface area contributed by atoms with Crippen molar-refractivity contribution < 1.29 is 9.53 Å². The van der Waals surface area contributed by atoms with E-state index in [1.807, 2.05) is 36.4 Å². The maximum absolute atomic E-state index is 12.8. The number of anilines is 1. The van der Waals surface area contributed by atoms with Crippen molar-refractivity contribution in [3.8, 4) is 5.75 Å². The van der Waals surface area contributed by atoms with Crippen LogP contribution >= 0.6 is 11.6 Å².